The summed E-state index contributed by atoms with van der Waals surface area (Å²) < 4.78 is 19.0. The lowest BCUT2D eigenvalue weighted by atomic mass is 10.2. The van der Waals surface area contributed by atoms with Crippen molar-refractivity contribution in [1.29, 1.82) is 10.8 Å². The van der Waals surface area contributed by atoms with Gasteiger partial charge in [-0.2, -0.15) is 0 Å². The first-order valence-corrected chi connectivity index (χ1v) is 12.3. The third-order valence-electron chi connectivity index (χ3n) is 6.13. The van der Waals surface area contributed by atoms with Crippen LogP contribution in [0.4, 0.5) is 10.1 Å². The number of pyridine rings is 1. The Labute approximate surface area is 191 Å². The lowest BCUT2D eigenvalue weighted by molar-refractivity contribution is 0.313. The number of hydrogen-bond donors (Lipinski definition) is 3. The summed E-state index contributed by atoms with van der Waals surface area (Å²) in [6.45, 7) is 7.40. The molecule has 2 aliphatic rings. The van der Waals surface area contributed by atoms with E-state index >= 15 is 0 Å². The lowest BCUT2D eigenvalue weighted by Gasteiger charge is -2.34. The number of fused-ring (bicyclic) bond motifs is 1. The van der Waals surface area contributed by atoms with Crippen molar-refractivity contribution in [2.75, 3.05) is 38.1 Å². The zero-order chi connectivity index (χ0) is 22.2. The molecule has 1 atom stereocenters. The third-order valence-corrected chi connectivity index (χ3v) is 8.06. The Balaban J connectivity index is 1.68. The second-order valence-corrected chi connectivity index (χ2v) is 10.4. The molecule has 2 aromatic rings. The van der Waals surface area contributed by atoms with Gasteiger partial charge in [0.1, 0.15) is 16.3 Å². The summed E-state index contributed by atoms with van der Waals surface area (Å²) in [5, 5.41) is 16.1. The van der Waals surface area contributed by atoms with E-state index in [0.717, 1.165) is 60.5 Å². The molecule has 1 aliphatic carbocycles. The first kappa shape index (κ1) is 22.6. The lowest BCUT2D eigenvalue weighted by Crippen LogP contribution is -2.44. The van der Waals surface area contributed by atoms with E-state index in [-0.39, 0.29) is 15.6 Å². The summed E-state index contributed by atoms with van der Waals surface area (Å²) in [5.41, 5.74) is 2.28. The van der Waals surface area contributed by atoms with Crippen LogP contribution in [0, 0.1) is 10.8 Å². The zero-order valence-electron chi connectivity index (χ0n) is 18.2. The second kappa shape index (κ2) is 9.09. The maximum atomic E-state index is 13.5. The first-order chi connectivity index (χ1) is 14.8. The maximum Gasteiger partial charge on any atom is 0.169 e. The average Bonchev–Trinajstić information content (AvgIpc) is 3.42. The number of aromatic nitrogens is 2. The van der Waals surface area contributed by atoms with Gasteiger partial charge in [0.15, 0.2) is 5.82 Å². The number of thioether (sulfide) groups is 1. The second-order valence-electron chi connectivity index (χ2n) is 8.44. The van der Waals surface area contributed by atoms with Crippen LogP contribution >= 0.6 is 23.7 Å². The van der Waals surface area contributed by atoms with E-state index in [1.165, 1.54) is 19.8 Å². The molecule has 2 aromatic heterocycles. The Kier molecular flexibility index (Phi) is 6.62. The smallest absolute Gasteiger partial charge is 0.169 e. The molecule has 10 heteroatoms. The molecule has 7 nitrogen and oxygen atoms in total. The molecule has 1 aliphatic heterocycles. The molecule has 0 aromatic carbocycles. The van der Waals surface area contributed by atoms with E-state index in [1.807, 2.05) is 10.6 Å². The molecule has 1 unspecified atom stereocenters. The van der Waals surface area contributed by atoms with Crippen LogP contribution in [0.15, 0.2) is 23.4 Å². The number of piperazine rings is 1. The highest BCUT2D eigenvalue weighted by Gasteiger charge is 2.40. The molecule has 0 amide bonds. The molecule has 1 saturated heterocycles. The molecule has 4 rings (SSSR count). The largest absolute Gasteiger partial charge is 0.367 e. The maximum absolute atomic E-state index is 13.5. The van der Waals surface area contributed by atoms with Gasteiger partial charge in [0.25, 0.3) is 0 Å². The van der Waals surface area contributed by atoms with Gasteiger partial charge < -0.3 is 9.80 Å². The predicted molar refractivity (Wildman–Crippen MR) is 129 cm³/mol. The summed E-state index contributed by atoms with van der Waals surface area (Å²) in [6.07, 6.45) is 5.90. The topological polar surface area (TPSA) is 83.5 Å². The number of halogens is 1. The quantitative estimate of drug-likeness (QED) is 0.327. The van der Waals surface area contributed by atoms with Gasteiger partial charge in [0.05, 0.1) is 17.4 Å². The highest BCUT2D eigenvalue weighted by molar-refractivity contribution is 8.26. The molecule has 3 heterocycles. The fourth-order valence-electron chi connectivity index (χ4n) is 3.66. The number of rotatable bonds is 7. The van der Waals surface area contributed by atoms with Crippen LogP contribution in [0.3, 0.4) is 0 Å². The normalized spacial score (nSPS) is 19.5. The number of anilines is 1. The molecule has 1 saturated carbocycles. The van der Waals surface area contributed by atoms with E-state index in [0.29, 0.717) is 5.82 Å². The average molecular weight is 464 g/mol. The van der Waals surface area contributed by atoms with Gasteiger partial charge in [-0.05, 0) is 63.0 Å². The van der Waals surface area contributed by atoms with Crippen molar-refractivity contribution in [3.63, 3.8) is 0 Å². The molecular weight excluding hydrogens is 433 g/mol. The van der Waals surface area contributed by atoms with Gasteiger partial charge in [0, 0.05) is 42.8 Å². The Morgan fingerprint density at radius 3 is 2.61 bits per heavy atom. The van der Waals surface area contributed by atoms with Gasteiger partial charge in [-0.3, -0.25) is 19.9 Å². The number of nitrogens with zero attached hydrogens (tertiary/aromatic N) is 4. The van der Waals surface area contributed by atoms with Crippen LogP contribution in [0.5, 0.6) is 0 Å². The van der Waals surface area contributed by atoms with Crippen LogP contribution < -0.4 is 9.62 Å². The summed E-state index contributed by atoms with van der Waals surface area (Å²) in [6, 6.07) is 2.21. The number of alkyl halides is 1. The predicted octanol–water partition coefficient (Wildman–Crippen LogP) is 4.02. The van der Waals surface area contributed by atoms with E-state index < -0.39 is 6.17 Å². The number of likely N-dealkylation sites (N-methyl/N-ethyl adjacent to an activating group) is 1. The van der Waals surface area contributed by atoms with Gasteiger partial charge >= 0.3 is 0 Å². The molecular formula is C21H30FN7S2. The Hall–Kier alpha value is -1.62. The zero-order valence-corrected chi connectivity index (χ0v) is 19.9. The summed E-state index contributed by atoms with van der Waals surface area (Å²) in [4.78, 5) is 10.2. The first-order valence-electron chi connectivity index (χ1n) is 10.7. The van der Waals surface area contributed by atoms with Gasteiger partial charge in [-0.15, -0.1) is 0 Å². The van der Waals surface area contributed by atoms with Crippen molar-refractivity contribution in [3.8, 4) is 0 Å². The molecule has 31 heavy (non-hydrogen) atoms. The van der Waals surface area contributed by atoms with Crippen LogP contribution in [-0.4, -0.2) is 69.3 Å². The minimum atomic E-state index is -1.39. The Bertz CT molecular complexity index is 978. The van der Waals surface area contributed by atoms with E-state index in [9.17, 15) is 4.39 Å². The third kappa shape index (κ3) is 4.92. The van der Waals surface area contributed by atoms with E-state index in [2.05, 4.69) is 39.5 Å². The molecule has 0 radical (unpaired) electrons. The van der Waals surface area contributed by atoms with Crippen molar-refractivity contribution in [2.24, 2.45) is 0 Å². The van der Waals surface area contributed by atoms with Gasteiger partial charge in [-0.25, -0.2) is 9.37 Å². The van der Waals surface area contributed by atoms with Gasteiger partial charge in [0.2, 0.25) is 0 Å². The standard InChI is InChI=1S/C21H30FN7S2/c1-4-21(5-6-21)26-31-15-11-16(28-9-7-27(3)8-10-28)17-12-25-20(29(17)13-15)19(24)30-18(23)14(2)22/h11-14,23-24,26H,4-10H2,1-3H3. The Morgan fingerprint density at radius 1 is 1.29 bits per heavy atom. The minimum absolute atomic E-state index is 0.0844. The highest BCUT2D eigenvalue weighted by atomic mass is 32.2. The fraction of sp³-hybridized carbons (Fsp3) is 0.571. The molecule has 2 fully saturated rings. The van der Waals surface area contributed by atoms with Crippen LogP contribution in [0.2, 0.25) is 0 Å². The van der Waals surface area contributed by atoms with E-state index in [4.69, 9.17) is 10.8 Å². The number of hydrogen-bond acceptors (Lipinski definition) is 8. The van der Waals surface area contributed by atoms with Crippen LogP contribution in [0.1, 0.15) is 38.9 Å². The Morgan fingerprint density at radius 2 is 2.00 bits per heavy atom. The number of nitrogens with one attached hydrogen (secondary N) is 3. The minimum Gasteiger partial charge on any atom is -0.367 e. The highest BCUT2D eigenvalue weighted by Crippen LogP contribution is 2.41. The summed E-state index contributed by atoms with van der Waals surface area (Å²) >= 11 is 2.46. The van der Waals surface area contributed by atoms with E-state index in [1.54, 1.807) is 18.1 Å². The van der Waals surface area contributed by atoms with Crippen LogP contribution in [0.25, 0.3) is 5.52 Å². The summed E-state index contributed by atoms with van der Waals surface area (Å²) in [7, 11) is 2.14. The molecule has 0 bridgehead atoms. The SMILES string of the molecule is CCC1(NSc2cc(N3CCN(C)CC3)c3cnc(C(=N)SC(=N)C(C)F)n3c2)CC1. The van der Waals surface area contributed by atoms with Crippen molar-refractivity contribution in [1.82, 2.24) is 19.0 Å². The molecule has 168 valence electrons. The molecule has 0 spiro atoms. The van der Waals surface area contributed by atoms with Crippen molar-refractivity contribution in [2.45, 2.75) is 49.7 Å². The van der Waals surface area contributed by atoms with Crippen LogP contribution in [-0.2, 0) is 0 Å². The number of imidazole rings is 1. The molecule has 3 N–H and O–H groups in total. The monoisotopic (exact) mass is 463 g/mol. The fourth-order valence-corrected chi connectivity index (χ4v) is 5.30. The van der Waals surface area contributed by atoms with Crippen molar-refractivity contribution in [3.05, 3.63) is 24.3 Å². The summed E-state index contributed by atoms with van der Waals surface area (Å²) in [5.74, 6) is 0.444. The van der Waals surface area contributed by atoms with Gasteiger partial charge in [-0.1, -0.05) is 6.92 Å². The van der Waals surface area contributed by atoms with Crippen molar-refractivity contribution >= 4 is 45.0 Å². The van der Waals surface area contributed by atoms with Crippen molar-refractivity contribution < 1.29 is 4.39 Å².